The number of amides is 1. The molecule has 0 aliphatic carbocycles. The maximum atomic E-state index is 11.1. The second kappa shape index (κ2) is 8.05. The zero-order valence-corrected chi connectivity index (χ0v) is 8.68. The summed E-state index contributed by atoms with van der Waals surface area (Å²) in [5.74, 6) is 0.566. The van der Waals surface area contributed by atoms with Gasteiger partial charge in [0, 0.05) is 19.6 Å². The fourth-order valence-corrected chi connectivity index (χ4v) is 1.08. The average Bonchev–Trinajstić information content (AvgIpc) is 2.02. The molecule has 0 rings (SSSR count). The lowest BCUT2D eigenvalue weighted by molar-refractivity contribution is -0.121. The van der Waals surface area contributed by atoms with Gasteiger partial charge in [-0.05, 0) is 25.2 Å². The van der Waals surface area contributed by atoms with Crippen molar-refractivity contribution in [1.82, 2.24) is 5.32 Å². The molecule has 3 nitrogen and oxygen atoms in total. The van der Waals surface area contributed by atoms with E-state index in [1.54, 1.807) is 0 Å². The van der Waals surface area contributed by atoms with Crippen molar-refractivity contribution in [2.45, 2.75) is 39.5 Å². The predicted octanol–water partition coefficient (Wildman–Crippen LogP) is 1.31. The van der Waals surface area contributed by atoms with Crippen molar-refractivity contribution in [2.24, 2.45) is 5.92 Å². The molecule has 0 bridgehead atoms. The molecule has 0 aromatic rings. The van der Waals surface area contributed by atoms with E-state index in [1.165, 1.54) is 0 Å². The molecular formula is C10H21NO2. The third-order valence-corrected chi connectivity index (χ3v) is 1.75. The first-order chi connectivity index (χ1) is 6.16. The minimum atomic E-state index is 0.138. The molecule has 3 heteroatoms. The quantitative estimate of drug-likeness (QED) is 0.590. The fourth-order valence-electron chi connectivity index (χ4n) is 1.08. The lowest BCUT2D eigenvalue weighted by atomic mass is 10.1. The van der Waals surface area contributed by atoms with Crippen LogP contribution in [0.5, 0.6) is 0 Å². The topological polar surface area (TPSA) is 49.3 Å². The standard InChI is InChI=1S/C10H21NO2/c1-9(2)8-10(13)11-6-4-3-5-7-12/h9,12H,3-8H2,1-2H3,(H,11,13). The first kappa shape index (κ1) is 12.4. The van der Waals surface area contributed by atoms with Crippen LogP contribution in [0.4, 0.5) is 0 Å². The zero-order chi connectivity index (χ0) is 10.1. The molecule has 0 aliphatic rings. The van der Waals surface area contributed by atoms with Crippen LogP contribution in [0.15, 0.2) is 0 Å². The summed E-state index contributed by atoms with van der Waals surface area (Å²) in [7, 11) is 0. The highest BCUT2D eigenvalue weighted by Gasteiger charge is 2.02. The molecule has 0 saturated heterocycles. The first-order valence-electron chi connectivity index (χ1n) is 5.04. The van der Waals surface area contributed by atoms with E-state index in [0.29, 0.717) is 12.3 Å². The number of rotatable bonds is 7. The Labute approximate surface area is 80.5 Å². The van der Waals surface area contributed by atoms with Crippen molar-refractivity contribution in [3.63, 3.8) is 0 Å². The lowest BCUT2D eigenvalue weighted by Crippen LogP contribution is -2.25. The second-order valence-corrected chi connectivity index (χ2v) is 3.73. The Morgan fingerprint density at radius 2 is 2.00 bits per heavy atom. The lowest BCUT2D eigenvalue weighted by Gasteiger charge is -2.06. The molecule has 0 aliphatic heterocycles. The molecule has 0 aromatic heterocycles. The van der Waals surface area contributed by atoms with Gasteiger partial charge in [0.25, 0.3) is 0 Å². The fraction of sp³-hybridized carbons (Fsp3) is 0.900. The number of carbonyl (C=O) groups excluding carboxylic acids is 1. The summed E-state index contributed by atoms with van der Waals surface area (Å²) < 4.78 is 0. The number of hydrogen-bond acceptors (Lipinski definition) is 2. The number of carbonyl (C=O) groups is 1. The highest BCUT2D eigenvalue weighted by molar-refractivity contribution is 5.75. The minimum absolute atomic E-state index is 0.138. The SMILES string of the molecule is CC(C)CC(=O)NCCCCCO. The predicted molar refractivity (Wildman–Crippen MR) is 53.4 cm³/mol. The van der Waals surface area contributed by atoms with E-state index in [-0.39, 0.29) is 12.5 Å². The van der Waals surface area contributed by atoms with Crippen molar-refractivity contribution in [2.75, 3.05) is 13.2 Å². The first-order valence-corrected chi connectivity index (χ1v) is 5.04. The summed E-state index contributed by atoms with van der Waals surface area (Å²) in [5.41, 5.74) is 0. The average molecular weight is 187 g/mol. The molecule has 0 fully saturated rings. The van der Waals surface area contributed by atoms with Crippen LogP contribution in [0, 0.1) is 5.92 Å². The summed E-state index contributed by atoms with van der Waals surface area (Å²) in [6.07, 6.45) is 3.39. The Hall–Kier alpha value is -0.570. The second-order valence-electron chi connectivity index (χ2n) is 3.73. The molecule has 0 heterocycles. The number of hydrogen-bond donors (Lipinski definition) is 2. The van der Waals surface area contributed by atoms with Crippen LogP contribution >= 0.6 is 0 Å². The molecule has 0 saturated carbocycles. The van der Waals surface area contributed by atoms with Crippen LogP contribution in [-0.4, -0.2) is 24.2 Å². The van der Waals surface area contributed by atoms with Crippen LogP contribution in [0.3, 0.4) is 0 Å². The number of aliphatic hydroxyl groups excluding tert-OH is 1. The third-order valence-electron chi connectivity index (χ3n) is 1.75. The van der Waals surface area contributed by atoms with Gasteiger partial charge in [-0.1, -0.05) is 13.8 Å². The van der Waals surface area contributed by atoms with Crippen LogP contribution in [0.1, 0.15) is 39.5 Å². The van der Waals surface area contributed by atoms with Crippen molar-refractivity contribution in [3.05, 3.63) is 0 Å². The Bertz CT molecular complexity index is 135. The van der Waals surface area contributed by atoms with Crippen LogP contribution < -0.4 is 5.32 Å². The van der Waals surface area contributed by atoms with E-state index in [0.717, 1.165) is 25.8 Å². The van der Waals surface area contributed by atoms with Gasteiger partial charge in [-0.25, -0.2) is 0 Å². The number of aliphatic hydroxyl groups is 1. The van der Waals surface area contributed by atoms with Gasteiger partial charge in [0.2, 0.25) is 5.91 Å². The van der Waals surface area contributed by atoms with Gasteiger partial charge in [0.1, 0.15) is 0 Å². The Morgan fingerprint density at radius 1 is 1.31 bits per heavy atom. The van der Waals surface area contributed by atoms with Crippen LogP contribution in [-0.2, 0) is 4.79 Å². The molecule has 0 unspecified atom stereocenters. The number of unbranched alkanes of at least 4 members (excludes halogenated alkanes) is 2. The van der Waals surface area contributed by atoms with Crippen molar-refractivity contribution < 1.29 is 9.90 Å². The highest BCUT2D eigenvalue weighted by Crippen LogP contribution is 1.98. The van der Waals surface area contributed by atoms with E-state index >= 15 is 0 Å². The molecule has 0 radical (unpaired) electrons. The van der Waals surface area contributed by atoms with Crippen molar-refractivity contribution in [3.8, 4) is 0 Å². The number of nitrogens with one attached hydrogen (secondary N) is 1. The Balaban J connectivity index is 3.17. The maximum Gasteiger partial charge on any atom is 0.220 e. The molecule has 1 amide bonds. The molecule has 78 valence electrons. The van der Waals surface area contributed by atoms with Gasteiger partial charge < -0.3 is 10.4 Å². The van der Waals surface area contributed by atoms with Gasteiger partial charge >= 0.3 is 0 Å². The van der Waals surface area contributed by atoms with E-state index < -0.39 is 0 Å². The molecule has 13 heavy (non-hydrogen) atoms. The Morgan fingerprint density at radius 3 is 2.54 bits per heavy atom. The maximum absolute atomic E-state index is 11.1. The van der Waals surface area contributed by atoms with Crippen molar-refractivity contribution in [1.29, 1.82) is 0 Å². The normalized spacial score (nSPS) is 10.5. The monoisotopic (exact) mass is 187 g/mol. The molecule has 0 aromatic carbocycles. The third kappa shape index (κ3) is 9.34. The summed E-state index contributed by atoms with van der Waals surface area (Å²) >= 11 is 0. The molecule has 0 spiro atoms. The van der Waals surface area contributed by atoms with E-state index in [4.69, 9.17) is 5.11 Å². The van der Waals surface area contributed by atoms with Gasteiger partial charge in [0.05, 0.1) is 0 Å². The Kier molecular flexibility index (Phi) is 7.69. The summed E-state index contributed by atoms with van der Waals surface area (Å²) in [6.45, 7) is 5.06. The van der Waals surface area contributed by atoms with E-state index in [2.05, 4.69) is 5.32 Å². The molecule has 2 N–H and O–H groups in total. The summed E-state index contributed by atoms with van der Waals surface area (Å²) in [5, 5.41) is 11.4. The van der Waals surface area contributed by atoms with Crippen LogP contribution in [0.2, 0.25) is 0 Å². The molecule has 0 atom stereocenters. The smallest absolute Gasteiger partial charge is 0.220 e. The minimum Gasteiger partial charge on any atom is -0.396 e. The van der Waals surface area contributed by atoms with E-state index in [1.807, 2.05) is 13.8 Å². The van der Waals surface area contributed by atoms with Gasteiger partial charge in [-0.3, -0.25) is 4.79 Å². The van der Waals surface area contributed by atoms with Gasteiger partial charge in [0.15, 0.2) is 0 Å². The largest absolute Gasteiger partial charge is 0.396 e. The highest BCUT2D eigenvalue weighted by atomic mass is 16.2. The van der Waals surface area contributed by atoms with E-state index in [9.17, 15) is 4.79 Å². The van der Waals surface area contributed by atoms with Gasteiger partial charge in [-0.2, -0.15) is 0 Å². The van der Waals surface area contributed by atoms with Gasteiger partial charge in [-0.15, -0.1) is 0 Å². The molecular weight excluding hydrogens is 166 g/mol. The van der Waals surface area contributed by atoms with Crippen LogP contribution in [0.25, 0.3) is 0 Å². The summed E-state index contributed by atoms with van der Waals surface area (Å²) in [4.78, 5) is 11.1. The zero-order valence-electron chi connectivity index (χ0n) is 8.68. The van der Waals surface area contributed by atoms with Crippen molar-refractivity contribution >= 4 is 5.91 Å². The summed E-state index contributed by atoms with van der Waals surface area (Å²) in [6, 6.07) is 0.